The summed E-state index contributed by atoms with van der Waals surface area (Å²) in [6, 6.07) is 1.26. The lowest BCUT2D eigenvalue weighted by molar-refractivity contribution is -0.274. The third-order valence-corrected chi connectivity index (χ3v) is 3.70. The highest BCUT2D eigenvalue weighted by atomic mass is 127. The van der Waals surface area contributed by atoms with Crippen molar-refractivity contribution in [1.29, 1.82) is 0 Å². The number of aryl methyl sites for hydroxylation is 1. The van der Waals surface area contributed by atoms with E-state index in [0.717, 1.165) is 0 Å². The number of rotatable bonds is 1. The highest BCUT2D eigenvalue weighted by Gasteiger charge is 2.32. The topological polar surface area (TPSA) is 35.0 Å². The molecule has 0 atom stereocenters. The van der Waals surface area contributed by atoms with Gasteiger partial charge in [0.2, 0.25) is 0 Å². The minimum Gasteiger partial charge on any atom is -0.405 e. The van der Waals surface area contributed by atoms with E-state index in [1.807, 2.05) is 22.6 Å². The van der Waals surface area contributed by atoms with E-state index in [4.69, 9.17) is 11.6 Å². The fourth-order valence-electron chi connectivity index (χ4n) is 1.60. The van der Waals surface area contributed by atoms with Gasteiger partial charge in [-0.15, -0.1) is 13.2 Å². The summed E-state index contributed by atoms with van der Waals surface area (Å²) in [6.07, 6.45) is -4.77. The molecule has 3 nitrogen and oxygen atoms in total. The van der Waals surface area contributed by atoms with Crippen molar-refractivity contribution in [2.24, 2.45) is 0 Å². The van der Waals surface area contributed by atoms with Crippen LogP contribution in [0, 0.1) is 17.5 Å². The first-order valence-corrected chi connectivity index (χ1v) is 6.53. The molecule has 0 aliphatic carbocycles. The molecular weight excluding hydrogens is 395 g/mol. The lowest BCUT2D eigenvalue weighted by Crippen LogP contribution is -2.18. The smallest absolute Gasteiger partial charge is 0.405 e. The summed E-state index contributed by atoms with van der Waals surface area (Å²) in [7, 11) is 0. The summed E-state index contributed by atoms with van der Waals surface area (Å²) < 4.78 is 41.4. The third-order valence-electron chi connectivity index (χ3n) is 2.42. The van der Waals surface area contributed by atoms with E-state index in [1.54, 1.807) is 6.92 Å². The van der Waals surface area contributed by atoms with Crippen LogP contribution in [0.25, 0.3) is 10.9 Å². The Morgan fingerprint density at radius 3 is 2.47 bits per heavy atom. The van der Waals surface area contributed by atoms with Gasteiger partial charge in [-0.25, -0.2) is 9.97 Å². The number of hydrogen-bond donors (Lipinski definition) is 0. The molecule has 2 aromatic rings. The van der Waals surface area contributed by atoms with Crippen LogP contribution in [0.15, 0.2) is 6.07 Å². The Morgan fingerprint density at radius 1 is 1.26 bits per heavy atom. The SMILES string of the molecule is Cc1nc(I)c2cc(OC(F)(F)F)c(C)c(Cl)c2n1. The molecule has 0 aliphatic rings. The monoisotopic (exact) mass is 402 g/mol. The summed E-state index contributed by atoms with van der Waals surface area (Å²) in [5.74, 6) is 0.165. The van der Waals surface area contributed by atoms with Crippen LogP contribution in [0.2, 0.25) is 5.02 Å². The molecule has 0 N–H and O–H groups in total. The predicted molar refractivity (Wildman–Crippen MR) is 73.4 cm³/mol. The molecule has 1 heterocycles. The molecule has 102 valence electrons. The molecule has 1 aromatic heterocycles. The number of aromatic nitrogens is 2. The number of hydrogen-bond acceptors (Lipinski definition) is 3. The lowest BCUT2D eigenvalue weighted by atomic mass is 10.1. The second-order valence-electron chi connectivity index (χ2n) is 3.82. The van der Waals surface area contributed by atoms with Crippen LogP contribution in [-0.4, -0.2) is 16.3 Å². The summed E-state index contributed by atoms with van der Waals surface area (Å²) in [5.41, 5.74) is 0.617. The van der Waals surface area contributed by atoms with Crippen molar-refractivity contribution in [2.75, 3.05) is 0 Å². The zero-order valence-corrected chi connectivity index (χ0v) is 12.7. The molecule has 1 aromatic carbocycles. The highest BCUT2D eigenvalue weighted by molar-refractivity contribution is 14.1. The molecule has 0 bridgehead atoms. The van der Waals surface area contributed by atoms with Gasteiger partial charge in [0.1, 0.15) is 15.3 Å². The maximum absolute atomic E-state index is 12.3. The molecule has 0 spiro atoms. The first-order chi connectivity index (χ1) is 8.69. The number of nitrogens with zero attached hydrogens (tertiary/aromatic N) is 2. The number of fused-ring (bicyclic) bond motifs is 1. The second kappa shape index (κ2) is 4.93. The van der Waals surface area contributed by atoms with Gasteiger partial charge in [-0.1, -0.05) is 11.6 Å². The van der Waals surface area contributed by atoms with Crippen molar-refractivity contribution in [3.8, 4) is 5.75 Å². The van der Waals surface area contributed by atoms with Crippen LogP contribution in [0.5, 0.6) is 5.75 Å². The van der Waals surface area contributed by atoms with Gasteiger partial charge in [0.15, 0.2) is 0 Å². The van der Waals surface area contributed by atoms with Crippen LogP contribution in [0.1, 0.15) is 11.4 Å². The van der Waals surface area contributed by atoms with Crippen molar-refractivity contribution in [3.63, 3.8) is 0 Å². The lowest BCUT2D eigenvalue weighted by Gasteiger charge is -2.14. The van der Waals surface area contributed by atoms with E-state index >= 15 is 0 Å². The standard InChI is InChI=1S/C11H7ClF3IN2O/c1-4-7(19-11(13,14)15)3-6-9(8(4)12)17-5(2)18-10(6)16/h3H,1-2H3. The van der Waals surface area contributed by atoms with Gasteiger partial charge >= 0.3 is 6.36 Å². The van der Waals surface area contributed by atoms with Gasteiger partial charge in [0, 0.05) is 10.9 Å². The first-order valence-electron chi connectivity index (χ1n) is 5.07. The van der Waals surface area contributed by atoms with Crippen molar-refractivity contribution in [2.45, 2.75) is 20.2 Å². The molecule has 0 aliphatic heterocycles. The molecule has 0 saturated heterocycles. The molecule has 0 radical (unpaired) electrons. The number of alkyl halides is 3. The Kier molecular flexibility index (Phi) is 3.78. The van der Waals surface area contributed by atoms with Gasteiger partial charge < -0.3 is 4.74 Å². The number of ether oxygens (including phenoxy) is 1. The van der Waals surface area contributed by atoms with E-state index in [1.165, 1.54) is 13.0 Å². The summed E-state index contributed by atoms with van der Waals surface area (Å²) in [6.45, 7) is 3.14. The number of benzene rings is 1. The molecule has 2 rings (SSSR count). The Hall–Kier alpha value is -0.830. The zero-order valence-electron chi connectivity index (χ0n) is 9.77. The Bertz CT molecular complexity index is 661. The Labute approximate surface area is 125 Å². The van der Waals surface area contributed by atoms with Crippen molar-refractivity contribution in [3.05, 3.63) is 26.2 Å². The Balaban J connectivity index is 2.73. The van der Waals surface area contributed by atoms with Crippen LogP contribution in [0.4, 0.5) is 13.2 Å². The molecule has 19 heavy (non-hydrogen) atoms. The van der Waals surface area contributed by atoms with Gasteiger partial charge in [0.25, 0.3) is 0 Å². The van der Waals surface area contributed by atoms with Crippen molar-refractivity contribution < 1.29 is 17.9 Å². The van der Waals surface area contributed by atoms with E-state index in [0.29, 0.717) is 20.4 Å². The fraction of sp³-hybridized carbons (Fsp3) is 0.273. The second-order valence-corrected chi connectivity index (χ2v) is 5.22. The molecule has 0 saturated carbocycles. The number of halogens is 5. The molecule has 8 heteroatoms. The minimum atomic E-state index is -4.77. The van der Waals surface area contributed by atoms with Crippen molar-refractivity contribution in [1.82, 2.24) is 9.97 Å². The Morgan fingerprint density at radius 2 is 1.89 bits per heavy atom. The maximum Gasteiger partial charge on any atom is 0.573 e. The summed E-state index contributed by atoms with van der Waals surface area (Å²) >= 11 is 7.98. The van der Waals surface area contributed by atoms with E-state index in [2.05, 4.69) is 14.7 Å². The van der Waals surface area contributed by atoms with Gasteiger partial charge in [-0.2, -0.15) is 0 Å². The molecule has 0 amide bonds. The average Bonchev–Trinajstić information content (AvgIpc) is 2.25. The zero-order chi connectivity index (χ0) is 14.4. The normalized spacial score (nSPS) is 11.9. The highest BCUT2D eigenvalue weighted by Crippen LogP contribution is 2.36. The fourth-order valence-corrected chi connectivity index (χ4v) is 2.60. The molecule has 0 fully saturated rings. The van der Waals surface area contributed by atoms with E-state index in [-0.39, 0.29) is 16.3 Å². The van der Waals surface area contributed by atoms with Gasteiger partial charge in [0.05, 0.1) is 10.5 Å². The third kappa shape index (κ3) is 3.02. The quantitative estimate of drug-likeness (QED) is 0.524. The maximum atomic E-state index is 12.3. The van der Waals surface area contributed by atoms with Gasteiger partial charge in [-0.05, 0) is 42.5 Å². The summed E-state index contributed by atoms with van der Waals surface area (Å²) in [4.78, 5) is 8.24. The average molecular weight is 403 g/mol. The van der Waals surface area contributed by atoms with Gasteiger partial charge in [-0.3, -0.25) is 0 Å². The van der Waals surface area contributed by atoms with Crippen LogP contribution >= 0.6 is 34.2 Å². The summed E-state index contributed by atoms with van der Waals surface area (Å²) in [5, 5.41) is 0.571. The van der Waals surface area contributed by atoms with E-state index < -0.39 is 6.36 Å². The first kappa shape index (κ1) is 14.6. The molecule has 0 unspecified atom stereocenters. The van der Waals surface area contributed by atoms with Crippen LogP contribution in [0.3, 0.4) is 0 Å². The van der Waals surface area contributed by atoms with Crippen LogP contribution in [-0.2, 0) is 0 Å². The van der Waals surface area contributed by atoms with Crippen LogP contribution < -0.4 is 4.74 Å². The van der Waals surface area contributed by atoms with E-state index in [9.17, 15) is 13.2 Å². The largest absolute Gasteiger partial charge is 0.573 e. The molecular formula is C11H7ClF3IN2O. The predicted octanol–water partition coefficient (Wildman–Crippen LogP) is 4.40. The minimum absolute atomic E-state index is 0.139. The van der Waals surface area contributed by atoms with Crippen molar-refractivity contribution >= 4 is 45.1 Å².